The number of rotatable bonds is 5. The Balaban J connectivity index is 2.09. The molecule has 1 aromatic carbocycles. The summed E-state index contributed by atoms with van der Waals surface area (Å²) < 4.78 is 39.8. The van der Waals surface area contributed by atoms with Crippen LogP contribution in [0, 0.1) is 18.7 Å². The SMILES string of the molecule is Cc1ccc(S(=O)(=O)NCC(N)C2CC2)c(F)c1. The van der Waals surface area contributed by atoms with Gasteiger partial charge in [-0.1, -0.05) is 6.07 Å². The second kappa shape index (κ2) is 4.95. The van der Waals surface area contributed by atoms with Crippen LogP contribution in [0.15, 0.2) is 23.1 Å². The van der Waals surface area contributed by atoms with Gasteiger partial charge in [-0.05, 0) is 43.4 Å². The highest BCUT2D eigenvalue weighted by atomic mass is 32.2. The minimum Gasteiger partial charge on any atom is -0.326 e. The molecule has 2 rings (SSSR count). The van der Waals surface area contributed by atoms with E-state index in [1.165, 1.54) is 12.1 Å². The average Bonchev–Trinajstić information content (AvgIpc) is 3.09. The van der Waals surface area contributed by atoms with Crippen LogP contribution in [0.3, 0.4) is 0 Å². The van der Waals surface area contributed by atoms with Gasteiger partial charge in [-0.2, -0.15) is 0 Å². The van der Waals surface area contributed by atoms with E-state index in [9.17, 15) is 12.8 Å². The van der Waals surface area contributed by atoms with Crippen LogP contribution >= 0.6 is 0 Å². The fourth-order valence-corrected chi connectivity index (χ4v) is 2.93. The van der Waals surface area contributed by atoms with Crippen molar-refractivity contribution >= 4 is 10.0 Å². The van der Waals surface area contributed by atoms with E-state index in [4.69, 9.17) is 5.73 Å². The van der Waals surface area contributed by atoms with Crippen molar-refractivity contribution in [1.82, 2.24) is 4.72 Å². The second-order valence-electron chi connectivity index (χ2n) is 4.79. The molecular formula is C12H17FN2O2S. The van der Waals surface area contributed by atoms with E-state index in [2.05, 4.69) is 4.72 Å². The first-order valence-electron chi connectivity index (χ1n) is 5.91. The standard InChI is InChI=1S/C12H17FN2O2S/c1-8-2-5-12(10(13)6-8)18(16,17)15-7-11(14)9-3-4-9/h2,5-6,9,11,15H,3-4,7,14H2,1H3. The summed E-state index contributed by atoms with van der Waals surface area (Å²) in [6.45, 7) is 1.86. The Morgan fingerprint density at radius 2 is 2.17 bits per heavy atom. The Kier molecular flexibility index (Phi) is 3.70. The highest BCUT2D eigenvalue weighted by Crippen LogP contribution is 2.31. The first kappa shape index (κ1) is 13.5. The second-order valence-corrected chi connectivity index (χ2v) is 6.52. The van der Waals surface area contributed by atoms with Crippen LogP contribution in [0.2, 0.25) is 0 Å². The molecule has 1 fully saturated rings. The van der Waals surface area contributed by atoms with Gasteiger partial charge in [-0.25, -0.2) is 17.5 Å². The van der Waals surface area contributed by atoms with E-state index >= 15 is 0 Å². The number of sulfonamides is 1. The molecule has 0 amide bonds. The first-order chi connectivity index (χ1) is 8.40. The molecule has 0 radical (unpaired) electrons. The fourth-order valence-electron chi connectivity index (χ4n) is 1.80. The van der Waals surface area contributed by atoms with E-state index in [0.717, 1.165) is 12.8 Å². The fraction of sp³-hybridized carbons (Fsp3) is 0.500. The number of halogens is 1. The van der Waals surface area contributed by atoms with Gasteiger partial charge >= 0.3 is 0 Å². The maximum absolute atomic E-state index is 13.6. The number of nitrogens with one attached hydrogen (secondary N) is 1. The summed E-state index contributed by atoms with van der Waals surface area (Å²) >= 11 is 0. The molecule has 0 heterocycles. The van der Waals surface area contributed by atoms with Gasteiger partial charge in [0.15, 0.2) is 0 Å². The number of hydrogen-bond donors (Lipinski definition) is 2. The first-order valence-corrected chi connectivity index (χ1v) is 7.40. The van der Waals surface area contributed by atoms with Crippen molar-refractivity contribution in [2.45, 2.75) is 30.7 Å². The lowest BCUT2D eigenvalue weighted by molar-refractivity contribution is 0.536. The molecule has 1 saturated carbocycles. The molecule has 1 aliphatic carbocycles. The molecule has 4 nitrogen and oxygen atoms in total. The smallest absolute Gasteiger partial charge is 0.243 e. The van der Waals surface area contributed by atoms with Crippen molar-refractivity contribution in [3.63, 3.8) is 0 Å². The number of aryl methyl sites for hydroxylation is 1. The van der Waals surface area contributed by atoms with Crippen molar-refractivity contribution in [3.8, 4) is 0 Å². The van der Waals surface area contributed by atoms with Crippen molar-refractivity contribution in [1.29, 1.82) is 0 Å². The Hall–Kier alpha value is -0.980. The zero-order valence-corrected chi connectivity index (χ0v) is 11.0. The Bertz CT molecular complexity index is 541. The molecule has 6 heteroatoms. The van der Waals surface area contributed by atoms with Gasteiger partial charge in [0.05, 0.1) is 0 Å². The van der Waals surface area contributed by atoms with E-state index in [-0.39, 0.29) is 17.5 Å². The maximum atomic E-state index is 13.6. The zero-order valence-electron chi connectivity index (χ0n) is 10.2. The van der Waals surface area contributed by atoms with Crippen LogP contribution in [-0.4, -0.2) is 21.0 Å². The molecule has 0 bridgehead atoms. The van der Waals surface area contributed by atoms with Gasteiger partial charge in [0.25, 0.3) is 0 Å². The third-order valence-corrected chi connectivity index (χ3v) is 4.57. The zero-order chi connectivity index (χ0) is 13.3. The third-order valence-electron chi connectivity index (χ3n) is 3.11. The van der Waals surface area contributed by atoms with Crippen molar-refractivity contribution < 1.29 is 12.8 Å². The van der Waals surface area contributed by atoms with Crippen molar-refractivity contribution in [3.05, 3.63) is 29.6 Å². The Morgan fingerprint density at radius 1 is 1.50 bits per heavy atom. The van der Waals surface area contributed by atoms with Crippen LogP contribution in [0.4, 0.5) is 4.39 Å². The number of hydrogen-bond acceptors (Lipinski definition) is 3. The quantitative estimate of drug-likeness (QED) is 0.844. The normalized spacial score (nSPS) is 17.7. The molecule has 1 aromatic rings. The molecular weight excluding hydrogens is 255 g/mol. The van der Waals surface area contributed by atoms with Crippen molar-refractivity contribution in [2.75, 3.05) is 6.54 Å². The summed E-state index contributed by atoms with van der Waals surface area (Å²) in [5.74, 6) is -0.335. The largest absolute Gasteiger partial charge is 0.326 e. The lowest BCUT2D eigenvalue weighted by atomic mass is 10.2. The molecule has 3 N–H and O–H groups in total. The van der Waals surface area contributed by atoms with E-state index in [1.54, 1.807) is 13.0 Å². The van der Waals surface area contributed by atoms with Gasteiger partial charge in [0.1, 0.15) is 10.7 Å². The summed E-state index contributed by atoms with van der Waals surface area (Å²) in [6, 6.07) is 3.86. The van der Waals surface area contributed by atoms with Crippen molar-refractivity contribution in [2.24, 2.45) is 11.7 Å². The predicted molar refractivity (Wildman–Crippen MR) is 67.0 cm³/mol. The van der Waals surface area contributed by atoms with E-state index < -0.39 is 15.8 Å². The average molecular weight is 272 g/mol. The molecule has 0 saturated heterocycles. The molecule has 1 aliphatic rings. The Morgan fingerprint density at radius 3 is 2.72 bits per heavy atom. The summed E-state index contributed by atoms with van der Waals surface area (Å²) in [7, 11) is -3.81. The molecule has 0 aromatic heterocycles. The summed E-state index contributed by atoms with van der Waals surface area (Å²) in [5, 5.41) is 0. The highest BCUT2D eigenvalue weighted by Gasteiger charge is 2.29. The number of nitrogens with two attached hydrogens (primary N) is 1. The lowest BCUT2D eigenvalue weighted by Crippen LogP contribution is -2.38. The van der Waals surface area contributed by atoms with Gasteiger partial charge in [-0.15, -0.1) is 0 Å². The van der Waals surface area contributed by atoms with Gasteiger partial charge < -0.3 is 5.73 Å². The van der Waals surface area contributed by atoms with Gasteiger partial charge in [0.2, 0.25) is 10.0 Å². The van der Waals surface area contributed by atoms with Gasteiger partial charge in [0, 0.05) is 12.6 Å². The van der Waals surface area contributed by atoms with Crippen LogP contribution in [-0.2, 0) is 10.0 Å². The summed E-state index contributed by atoms with van der Waals surface area (Å²) in [6.07, 6.45) is 2.09. The van der Waals surface area contributed by atoms with E-state index in [0.29, 0.717) is 11.5 Å². The number of benzene rings is 1. The topological polar surface area (TPSA) is 72.2 Å². The van der Waals surface area contributed by atoms with Gasteiger partial charge in [-0.3, -0.25) is 0 Å². The maximum Gasteiger partial charge on any atom is 0.243 e. The minimum absolute atomic E-state index is 0.153. The van der Waals surface area contributed by atoms with E-state index in [1.807, 2.05) is 0 Å². The molecule has 0 aliphatic heterocycles. The summed E-state index contributed by atoms with van der Waals surface area (Å²) in [4.78, 5) is -0.323. The predicted octanol–water partition coefficient (Wildman–Crippen LogP) is 1.15. The summed E-state index contributed by atoms with van der Waals surface area (Å²) in [5.41, 5.74) is 6.49. The lowest BCUT2D eigenvalue weighted by Gasteiger charge is -2.12. The monoisotopic (exact) mass is 272 g/mol. The van der Waals surface area contributed by atoms with Crippen LogP contribution in [0.5, 0.6) is 0 Å². The third kappa shape index (κ3) is 3.07. The van der Waals surface area contributed by atoms with Crippen LogP contribution in [0.25, 0.3) is 0 Å². The molecule has 100 valence electrons. The molecule has 1 unspecified atom stereocenters. The molecule has 1 atom stereocenters. The van der Waals surface area contributed by atoms with Crippen LogP contribution in [0.1, 0.15) is 18.4 Å². The molecule has 18 heavy (non-hydrogen) atoms. The Labute approximate surface area is 106 Å². The van der Waals surface area contributed by atoms with Crippen LogP contribution < -0.4 is 10.5 Å². The highest BCUT2D eigenvalue weighted by molar-refractivity contribution is 7.89. The molecule has 0 spiro atoms. The minimum atomic E-state index is -3.81.